The van der Waals surface area contributed by atoms with E-state index in [0.717, 1.165) is 37.0 Å². The quantitative estimate of drug-likeness (QED) is 0.589. The largest absolute Gasteiger partial charge is 0.299 e. The molecule has 4 aliphatic carbocycles. The molecular formula is C26H36O. The molecule has 1 aromatic rings. The van der Waals surface area contributed by atoms with Crippen LogP contribution in [0.5, 0.6) is 0 Å². The Morgan fingerprint density at radius 1 is 0.926 bits per heavy atom. The molecule has 7 unspecified atom stereocenters. The minimum Gasteiger partial charge on any atom is -0.299 e. The average molecular weight is 365 g/mol. The smallest absolute Gasteiger partial charge is 0.142 e. The lowest BCUT2D eigenvalue weighted by molar-refractivity contribution is -0.140. The SMILES string of the molecule is CC12CCC3C(CCC4CCCCC43C)C1CC(Cc1ccccc1)C2=O. The van der Waals surface area contributed by atoms with Gasteiger partial charge in [0.05, 0.1) is 0 Å². The second-order valence-corrected chi connectivity index (χ2v) is 10.8. The van der Waals surface area contributed by atoms with Crippen molar-refractivity contribution < 1.29 is 4.79 Å². The van der Waals surface area contributed by atoms with Crippen molar-refractivity contribution in [3.05, 3.63) is 35.9 Å². The van der Waals surface area contributed by atoms with Gasteiger partial charge in [-0.3, -0.25) is 4.79 Å². The third-order valence-corrected chi connectivity index (χ3v) is 9.77. The molecule has 0 amide bonds. The molecule has 1 nitrogen and oxygen atoms in total. The Labute approximate surface area is 165 Å². The Balaban J connectivity index is 1.41. The lowest BCUT2D eigenvalue weighted by atomic mass is 9.45. The summed E-state index contributed by atoms with van der Waals surface area (Å²) in [5.74, 6) is 4.18. The molecular weight excluding hydrogens is 328 g/mol. The van der Waals surface area contributed by atoms with Crippen LogP contribution in [-0.4, -0.2) is 5.78 Å². The van der Waals surface area contributed by atoms with Gasteiger partial charge in [-0.15, -0.1) is 0 Å². The van der Waals surface area contributed by atoms with E-state index >= 15 is 0 Å². The normalized spacial score (nSPS) is 46.4. The molecule has 1 heteroatoms. The maximum atomic E-state index is 13.5. The summed E-state index contributed by atoms with van der Waals surface area (Å²) in [5, 5.41) is 0. The fourth-order valence-electron chi connectivity index (χ4n) is 8.31. The number of carbonyl (C=O) groups is 1. The van der Waals surface area contributed by atoms with Crippen LogP contribution in [-0.2, 0) is 11.2 Å². The number of fused-ring (bicyclic) bond motifs is 5. The van der Waals surface area contributed by atoms with Crippen LogP contribution in [0.2, 0.25) is 0 Å². The van der Waals surface area contributed by atoms with Gasteiger partial charge in [-0.05, 0) is 86.0 Å². The Morgan fingerprint density at radius 2 is 1.74 bits per heavy atom. The fourth-order valence-corrected chi connectivity index (χ4v) is 8.31. The molecule has 0 saturated heterocycles. The van der Waals surface area contributed by atoms with Crippen molar-refractivity contribution in [2.24, 2.45) is 40.4 Å². The number of hydrogen-bond acceptors (Lipinski definition) is 1. The summed E-state index contributed by atoms with van der Waals surface area (Å²) < 4.78 is 0. The van der Waals surface area contributed by atoms with E-state index in [1.807, 2.05) is 0 Å². The first-order chi connectivity index (χ1) is 13.0. The summed E-state index contributed by atoms with van der Waals surface area (Å²) >= 11 is 0. The summed E-state index contributed by atoms with van der Waals surface area (Å²) in [6.07, 6.45) is 13.2. The second kappa shape index (κ2) is 6.46. The Hall–Kier alpha value is -1.11. The van der Waals surface area contributed by atoms with E-state index in [9.17, 15) is 4.79 Å². The maximum Gasteiger partial charge on any atom is 0.142 e. The molecule has 0 spiro atoms. The first-order valence-electron chi connectivity index (χ1n) is 11.6. The van der Waals surface area contributed by atoms with Gasteiger partial charge >= 0.3 is 0 Å². The molecule has 4 aliphatic rings. The summed E-state index contributed by atoms with van der Waals surface area (Å²) in [6, 6.07) is 10.7. The molecule has 5 rings (SSSR count). The molecule has 0 N–H and O–H groups in total. The van der Waals surface area contributed by atoms with E-state index in [0.29, 0.717) is 17.1 Å². The minimum atomic E-state index is -0.0293. The molecule has 0 heterocycles. The van der Waals surface area contributed by atoms with Crippen molar-refractivity contribution in [3.8, 4) is 0 Å². The van der Waals surface area contributed by atoms with E-state index in [-0.39, 0.29) is 11.3 Å². The molecule has 0 aromatic heterocycles. The highest BCUT2D eigenvalue weighted by Crippen LogP contribution is 2.66. The van der Waals surface area contributed by atoms with Crippen molar-refractivity contribution in [2.75, 3.05) is 0 Å². The summed E-state index contributed by atoms with van der Waals surface area (Å²) in [7, 11) is 0. The topological polar surface area (TPSA) is 17.1 Å². The zero-order valence-corrected chi connectivity index (χ0v) is 17.3. The van der Waals surface area contributed by atoms with Crippen LogP contribution in [0.15, 0.2) is 30.3 Å². The van der Waals surface area contributed by atoms with Gasteiger partial charge in [0.25, 0.3) is 0 Å². The van der Waals surface area contributed by atoms with Crippen LogP contribution >= 0.6 is 0 Å². The van der Waals surface area contributed by atoms with Gasteiger partial charge in [0.2, 0.25) is 0 Å². The Kier molecular flexibility index (Phi) is 4.30. The van der Waals surface area contributed by atoms with Gasteiger partial charge in [0.15, 0.2) is 0 Å². The third kappa shape index (κ3) is 2.67. The van der Waals surface area contributed by atoms with Crippen molar-refractivity contribution in [3.63, 3.8) is 0 Å². The van der Waals surface area contributed by atoms with Gasteiger partial charge in [-0.2, -0.15) is 0 Å². The van der Waals surface area contributed by atoms with E-state index < -0.39 is 0 Å². The molecule has 7 atom stereocenters. The van der Waals surface area contributed by atoms with Crippen LogP contribution in [0.3, 0.4) is 0 Å². The van der Waals surface area contributed by atoms with Crippen LogP contribution in [0.25, 0.3) is 0 Å². The number of ketones is 1. The van der Waals surface area contributed by atoms with Gasteiger partial charge in [0, 0.05) is 11.3 Å². The molecule has 1 aromatic carbocycles. The standard InChI is InChI=1S/C26H36O/c1-25-14-7-6-10-20(25)11-12-21-22(25)13-15-26(2)23(21)17-19(24(26)27)16-18-8-4-3-5-9-18/h3-5,8-9,19-23H,6-7,10-17H2,1-2H3. The summed E-state index contributed by atoms with van der Waals surface area (Å²) in [5.41, 5.74) is 1.89. The minimum absolute atomic E-state index is 0.0293. The third-order valence-electron chi connectivity index (χ3n) is 9.77. The lowest BCUT2D eigenvalue weighted by Gasteiger charge is -2.59. The van der Waals surface area contributed by atoms with Gasteiger partial charge in [0.1, 0.15) is 5.78 Å². The molecule has 0 bridgehead atoms. The van der Waals surface area contributed by atoms with Crippen molar-refractivity contribution >= 4 is 5.78 Å². The number of hydrogen-bond donors (Lipinski definition) is 0. The average Bonchev–Trinajstić information content (AvgIpc) is 2.93. The maximum absolute atomic E-state index is 13.5. The highest BCUT2D eigenvalue weighted by Gasteiger charge is 2.61. The second-order valence-electron chi connectivity index (χ2n) is 10.8. The predicted octanol–water partition coefficient (Wildman–Crippen LogP) is 6.46. The van der Waals surface area contributed by atoms with Crippen molar-refractivity contribution in [1.29, 1.82) is 0 Å². The molecule has 4 fully saturated rings. The van der Waals surface area contributed by atoms with Crippen molar-refractivity contribution in [2.45, 2.75) is 78.1 Å². The number of rotatable bonds is 2. The lowest BCUT2D eigenvalue weighted by Crippen LogP contribution is -2.52. The van der Waals surface area contributed by atoms with E-state index in [1.165, 1.54) is 50.5 Å². The first-order valence-corrected chi connectivity index (χ1v) is 11.6. The molecule has 146 valence electrons. The fraction of sp³-hybridized carbons (Fsp3) is 0.731. The first kappa shape index (κ1) is 18.0. The molecule has 0 radical (unpaired) electrons. The molecule has 27 heavy (non-hydrogen) atoms. The van der Waals surface area contributed by atoms with Crippen LogP contribution in [0.4, 0.5) is 0 Å². The van der Waals surface area contributed by atoms with Gasteiger partial charge in [-0.25, -0.2) is 0 Å². The Morgan fingerprint density at radius 3 is 2.56 bits per heavy atom. The van der Waals surface area contributed by atoms with E-state index in [2.05, 4.69) is 44.2 Å². The number of Topliss-reactive ketones (excluding diaryl/α,β-unsaturated/α-hetero) is 1. The van der Waals surface area contributed by atoms with Crippen molar-refractivity contribution in [1.82, 2.24) is 0 Å². The zero-order valence-electron chi connectivity index (χ0n) is 17.3. The van der Waals surface area contributed by atoms with Crippen LogP contribution < -0.4 is 0 Å². The summed E-state index contributed by atoms with van der Waals surface area (Å²) in [4.78, 5) is 13.5. The number of benzene rings is 1. The molecule has 4 saturated carbocycles. The van der Waals surface area contributed by atoms with Gasteiger partial charge in [-0.1, -0.05) is 57.0 Å². The van der Waals surface area contributed by atoms with Crippen LogP contribution in [0, 0.1) is 40.4 Å². The van der Waals surface area contributed by atoms with E-state index in [4.69, 9.17) is 0 Å². The predicted molar refractivity (Wildman–Crippen MR) is 110 cm³/mol. The monoisotopic (exact) mass is 364 g/mol. The Bertz CT molecular complexity index is 708. The highest BCUT2D eigenvalue weighted by atomic mass is 16.1. The van der Waals surface area contributed by atoms with Crippen LogP contribution in [0.1, 0.15) is 77.2 Å². The zero-order chi connectivity index (χ0) is 18.6. The van der Waals surface area contributed by atoms with Gasteiger partial charge < -0.3 is 0 Å². The highest BCUT2D eigenvalue weighted by molar-refractivity contribution is 5.89. The van der Waals surface area contributed by atoms with E-state index in [1.54, 1.807) is 0 Å². The molecule has 0 aliphatic heterocycles. The summed E-state index contributed by atoms with van der Waals surface area (Å²) in [6.45, 7) is 4.98. The number of carbonyl (C=O) groups excluding carboxylic acids is 1.